The molecule has 0 aliphatic rings. The molecule has 0 saturated heterocycles. The summed E-state index contributed by atoms with van der Waals surface area (Å²) in [5.74, 6) is 1.41. The zero-order chi connectivity index (χ0) is 21.8. The third kappa shape index (κ3) is 9.76. The predicted molar refractivity (Wildman–Crippen MR) is 127 cm³/mol. The monoisotopic (exact) mass is 412 g/mol. The lowest BCUT2D eigenvalue weighted by molar-refractivity contribution is 0.598. The van der Waals surface area contributed by atoms with Gasteiger partial charge in [0.15, 0.2) is 0 Å². The lowest BCUT2D eigenvalue weighted by Gasteiger charge is -2.04. The van der Waals surface area contributed by atoms with Crippen molar-refractivity contribution in [3.05, 3.63) is 106 Å². The van der Waals surface area contributed by atoms with E-state index < -0.39 is 0 Å². The van der Waals surface area contributed by atoms with E-state index in [4.69, 9.17) is 11.6 Å². The van der Waals surface area contributed by atoms with Crippen molar-refractivity contribution in [3.8, 4) is 0 Å². The lowest BCUT2D eigenvalue weighted by Crippen LogP contribution is -1.90. The van der Waals surface area contributed by atoms with E-state index in [0.29, 0.717) is 11.8 Å². The highest BCUT2D eigenvalue weighted by molar-refractivity contribution is 6.30. The van der Waals surface area contributed by atoms with Gasteiger partial charge in [0.2, 0.25) is 0 Å². The molecule has 0 N–H and O–H groups in total. The largest absolute Gasteiger partial charge is 0.207 e. The zero-order valence-corrected chi connectivity index (χ0v) is 19.2. The summed E-state index contributed by atoms with van der Waals surface area (Å²) >= 11 is 5.79. The number of hydrogen-bond acceptors (Lipinski definition) is 0. The molecule has 0 aromatic heterocycles. The Hall–Kier alpha value is -2.12. The van der Waals surface area contributed by atoms with E-state index in [1.807, 2.05) is 50.2 Å². The summed E-state index contributed by atoms with van der Waals surface area (Å²) in [6.45, 7) is 12.7. The van der Waals surface area contributed by atoms with Crippen molar-refractivity contribution in [2.45, 2.75) is 59.3 Å². The van der Waals surface area contributed by atoms with Gasteiger partial charge in [0.05, 0.1) is 0 Å². The Labute approximate surface area is 181 Å². The maximum atomic E-state index is 12.8. The first-order chi connectivity index (χ1) is 13.7. The van der Waals surface area contributed by atoms with Crippen LogP contribution in [0.4, 0.5) is 4.39 Å². The van der Waals surface area contributed by atoms with Crippen molar-refractivity contribution in [1.82, 2.24) is 0 Å². The van der Waals surface area contributed by atoms with E-state index in [-0.39, 0.29) is 11.7 Å². The van der Waals surface area contributed by atoms with E-state index in [0.717, 1.165) is 10.6 Å². The predicted octanol–water partition coefficient (Wildman–Crippen LogP) is 9.22. The standard InChI is InChI=1S/C9H11Cl.C9H11F.C9H12/c1-7(2)8-4-3-5-9(10)6-8;1-7(2)8-5-3-4-6-9(8)10;1-8(2)9-6-4-3-5-7-9/h2*3-7H,1-2H3;3-8H,1-2H3. The van der Waals surface area contributed by atoms with Crippen molar-refractivity contribution in [3.63, 3.8) is 0 Å². The molecule has 0 bridgehead atoms. The van der Waals surface area contributed by atoms with Crippen LogP contribution in [0.3, 0.4) is 0 Å². The Bertz CT molecular complexity index is 823. The van der Waals surface area contributed by atoms with Gasteiger partial charge in [-0.15, -0.1) is 0 Å². The summed E-state index contributed by atoms with van der Waals surface area (Å²) in [5.41, 5.74) is 3.51. The third-order valence-corrected chi connectivity index (χ3v) is 4.74. The second-order valence-electron chi connectivity index (χ2n) is 7.95. The van der Waals surface area contributed by atoms with Gasteiger partial charge < -0.3 is 0 Å². The highest BCUT2D eigenvalue weighted by Gasteiger charge is 2.03. The van der Waals surface area contributed by atoms with Crippen LogP contribution in [-0.4, -0.2) is 0 Å². The lowest BCUT2D eigenvalue weighted by atomic mass is 10.0. The summed E-state index contributed by atoms with van der Waals surface area (Å²) in [7, 11) is 0. The summed E-state index contributed by atoms with van der Waals surface area (Å²) in [5, 5.41) is 0.825. The fraction of sp³-hybridized carbons (Fsp3) is 0.333. The molecule has 0 aliphatic carbocycles. The fourth-order valence-electron chi connectivity index (χ4n) is 2.65. The smallest absolute Gasteiger partial charge is 0.126 e. The Morgan fingerprint density at radius 1 is 0.586 bits per heavy atom. The second-order valence-corrected chi connectivity index (χ2v) is 8.39. The van der Waals surface area contributed by atoms with Crippen LogP contribution < -0.4 is 0 Å². The molecular weight excluding hydrogens is 379 g/mol. The molecule has 29 heavy (non-hydrogen) atoms. The fourth-order valence-corrected chi connectivity index (χ4v) is 2.85. The number of halogens is 2. The topological polar surface area (TPSA) is 0 Å². The molecule has 0 saturated carbocycles. The number of rotatable bonds is 3. The summed E-state index contributed by atoms with van der Waals surface area (Å²) in [4.78, 5) is 0. The van der Waals surface area contributed by atoms with Crippen molar-refractivity contribution in [1.29, 1.82) is 0 Å². The average molecular weight is 413 g/mol. The third-order valence-electron chi connectivity index (χ3n) is 4.51. The first-order valence-electron chi connectivity index (χ1n) is 10.3. The van der Waals surface area contributed by atoms with Crippen LogP contribution in [0.1, 0.15) is 76.0 Å². The van der Waals surface area contributed by atoms with Gasteiger partial charge >= 0.3 is 0 Å². The van der Waals surface area contributed by atoms with Crippen LogP contribution >= 0.6 is 11.6 Å². The molecule has 156 valence electrons. The van der Waals surface area contributed by atoms with Gasteiger partial charge in [0.25, 0.3) is 0 Å². The Morgan fingerprint density at radius 3 is 1.48 bits per heavy atom. The molecule has 3 rings (SSSR count). The molecule has 0 amide bonds. The van der Waals surface area contributed by atoms with Crippen LogP contribution in [0.2, 0.25) is 5.02 Å². The zero-order valence-electron chi connectivity index (χ0n) is 18.5. The molecule has 0 spiro atoms. The van der Waals surface area contributed by atoms with E-state index in [1.165, 1.54) is 17.2 Å². The molecular formula is C27H34ClF. The van der Waals surface area contributed by atoms with Gasteiger partial charge in [0.1, 0.15) is 5.82 Å². The Morgan fingerprint density at radius 2 is 1.10 bits per heavy atom. The average Bonchev–Trinajstić information content (AvgIpc) is 2.70. The molecule has 0 radical (unpaired) electrons. The molecule has 0 unspecified atom stereocenters. The van der Waals surface area contributed by atoms with Crippen LogP contribution in [0.5, 0.6) is 0 Å². The highest BCUT2D eigenvalue weighted by Crippen LogP contribution is 2.18. The second kappa shape index (κ2) is 13.2. The minimum Gasteiger partial charge on any atom is -0.207 e. The molecule has 3 aromatic rings. The quantitative estimate of drug-likeness (QED) is 0.402. The van der Waals surface area contributed by atoms with Crippen molar-refractivity contribution < 1.29 is 4.39 Å². The molecule has 0 nitrogen and oxygen atoms in total. The van der Waals surface area contributed by atoms with Gasteiger partial charge in [-0.3, -0.25) is 0 Å². The molecule has 0 heterocycles. The molecule has 0 fully saturated rings. The van der Waals surface area contributed by atoms with Crippen molar-refractivity contribution >= 4 is 11.6 Å². The van der Waals surface area contributed by atoms with Crippen molar-refractivity contribution in [2.24, 2.45) is 0 Å². The van der Waals surface area contributed by atoms with Gasteiger partial charge in [-0.1, -0.05) is 114 Å². The minimum absolute atomic E-state index is 0.0995. The molecule has 2 heteroatoms. The first kappa shape index (κ1) is 24.9. The van der Waals surface area contributed by atoms with Gasteiger partial charge in [-0.05, 0) is 52.6 Å². The van der Waals surface area contributed by atoms with Crippen LogP contribution in [0, 0.1) is 5.82 Å². The van der Waals surface area contributed by atoms with Gasteiger partial charge in [-0.25, -0.2) is 4.39 Å². The van der Waals surface area contributed by atoms with Gasteiger partial charge in [-0.2, -0.15) is 0 Å². The number of hydrogen-bond donors (Lipinski definition) is 0. The SMILES string of the molecule is CC(C)c1cccc(Cl)c1.CC(C)c1ccccc1.CC(C)c1ccccc1F. The molecule has 0 atom stereocenters. The van der Waals surface area contributed by atoms with Crippen LogP contribution in [-0.2, 0) is 0 Å². The van der Waals surface area contributed by atoms with Gasteiger partial charge in [0, 0.05) is 5.02 Å². The maximum absolute atomic E-state index is 12.8. The van der Waals surface area contributed by atoms with E-state index >= 15 is 0 Å². The van der Waals surface area contributed by atoms with Crippen molar-refractivity contribution in [2.75, 3.05) is 0 Å². The summed E-state index contributed by atoms with van der Waals surface area (Å²) in [6, 6.07) is 25.4. The normalized spacial score (nSPS) is 10.3. The van der Waals surface area contributed by atoms with E-state index in [9.17, 15) is 4.39 Å². The summed E-state index contributed by atoms with van der Waals surface area (Å²) < 4.78 is 12.8. The Balaban J connectivity index is 0.000000218. The van der Waals surface area contributed by atoms with Crippen LogP contribution in [0.15, 0.2) is 78.9 Å². The maximum Gasteiger partial charge on any atom is 0.126 e. The number of benzene rings is 3. The Kier molecular flexibility index (Phi) is 11.3. The first-order valence-corrected chi connectivity index (χ1v) is 10.6. The summed E-state index contributed by atoms with van der Waals surface area (Å²) in [6.07, 6.45) is 0. The van der Waals surface area contributed by atoms with E-state index in [2.05, 4.69) is 58.0 Å². The molecule has 0 aliphatic heterocycles. The minimum atomic E-state index is -0.0995. The van der Waals surface area contributed by atoms with E-state index in [1.54, 1.807) is 6.07 Å². The van der Waals surface area contributed by atoms with Crippen LogP contribution in [0.25, 0.3) is 0 Å². The molecule has 3 aromatic carbocycles. The highest BCUT2D eigenvalue weighted by atomic mass is 35.5.